The van der Waals surface area contributed by atoms with Gasteiger partial charge in [0, 0.05) is 5.69 Å². The highest BCUT2D eigenvalue weighted by atomic mass is 19.4. The molecular formula is C25H22F3NO4. The molecule has 8 heteroatoms. The number of amides is 1. The molecule has 33 heavy (non-hydrogen) atoms. The number of aryl methyl sites for hydroxylation is 1. The van der Waals surface area contributed by atoms with Crippen molar-refractivity contribution < 1.29 is 32.9 Å². The summed E-state index contributed by atoms with van der Waals surface area (Å²) in [5, 5.41) is 20.6. The van der Waals surface area contributed by atoms with Crippen molar-refractivity contribution in [1.82, 2.24) is 0 Å². The fraction of sp³-hybridized carbons (Fsp3) is 0.240. The molecule has 5 nitrogen and oxygen atoms in total. The molecule has 1 fully saturated rings. The molecule has 1 saturated heterocycles. The first kappa shape index (κ1) is 22.7. The van der Waals surface area contributed by atoms with Gasteiger partial charge in [0.1, 0.15) is 11.8 Å². The fourth-order valence-corrected chi connectivity index (χ4v) is 4.00. The summed E-state index contributed by atoms with van der Waals surface area (Å²) < 4.78 is 44.5. The second-order valence-electron chi connectivity index (χ2n) is 7.89. The average molecular weight is 457 g/mol. The maximum atomic E-state index is 13.0. The lowest BCUT2D eigenvalue weighted by molar-refractivity contribution is -0.137. The van der Waals surface area contributed by atoms with Gasteiger partial charge in [0.15, 0.2) is 6.10 Å². The number of carbonyl (C=O) groups excluding carboxylic acids is 1. The van der Waals surface area contributed by atoms with Crippen molar-refractivity contribution in [1.29, 1.82) is 0 Å². The molecule has 1 unspecified atom stereocenters. The monoisotopic (exact) mass is 457 g/mol. The lowest BCUT2D eigenvalue weighted by Gasteiger charge is -2.28. The Morgan fingerprint density at radius 2 is 1.58 bits per heavy atom. The Balaban J connectivity index is 1.64. The fourth-order valence-electron chi connectivity index (χ4n) is 4.00. The number of halogens is 3. The van der Waals surface area contributed by atoms with Crippen LogP contribution in [0.1, 0.15) is 29.2 Å². The molecule has 3 aromatic rings. The maximum absolute atomic E-state index is 13.0. The Morgan fingerprint density at radius 3 is 2.18 bits per heavy atom. The number of aromatic hydroxyl groups is 1. The SMILES string of the molecule is O=C1OC([C@H](O)CCc2ccccc2)[C@@H](c2ccc(O)cc2)N1c1ccc(C(F)(F)F)cc1. The molecule has 1 aliphatic rings. The molecule has 172 valence electrons. The van der Waals surface area contributed by atoms with Crippen LogP contribution in [0.4, 0.5) is 23.7 Å². The molecule has 0 spiro atoms. The highest BCUT2D eigenvalue weighted by Crippen LogP contribution is 2.41. The van der Waals surface area contributed by atoms with E-state index in [4.69, 9.17) is 4.74 Å². The molecule has 2 N–H and O–H groups in total. The van der Waals surface area contributed by atoms with Crippen LogP contribution in [-0.2, 0) is 17.3 Å². The van der Waals surface area contributed by atoms with E-state index in [0.29, 0.717) is 18.4 Å². The summed E-state index contributed by atoms with van der Waals surface area (Å²) in [6, 6.07) is 19.0. The molecule has 0 aromatic heterocycles. The zero-order chi connectivity index (χ0) is 23.6. The molecular weight excluding hydrogens is 435 g/mol. The second kappa shape index (κ2) is 9.15. The number of carbonyl (C=O) groups is 1. The predicted molar refractivity (Wildman–Crippen MR) is 116 cm³/mol. The zero-order valence-electron chi connectivity index (χ0n) is 17.4. The minimum atomic E-state index is -4.50. The first-order valence-electron chi connectivity index (χ1n) is 10.4. The summed E-state index contributed by atoms with van der Waals surface area (Å²) in [6.07, 6.45) is -6.37. The van der Waals surface area contributed by atoms with Gasteiger partial charge in [-0.1, -0.05) is 42.5 Å². The van der Waals surface area contributed by atoms with Gasteiger partial charge in [-0.2, -0.15) is 13.2 Å². The number of benzene rings is 3. The van der Waals surface area contributed by atoms with Gasteiger partial charge in [-0.15, -0.1) is 0 Å². The van der Waals surface area contributed by atoms with Gasteiger partial charge in [-0.3, -0.25) is 4.90 Å². The number of anilines is 1. The van der Waals surface area contributed by atoms with E-state index < -0.39 is 36.1 Å². The summed E-state index contributed by atoms with van der Waals surface area (Å²) in [6.45, 7) is 0. The molecule has 0 aliphatic carbocycles. The van der Waals surface area contributed by atoms with E-state index in [0.717, 1.165) is 17.7 Å². The standard InChI is InChI=1S/C25H22F3NO4/c26-25(27,28)18-9-11-19(12-10-18)29-22(17-7-13-20(30)14-8-17)23(33-24(29)32)21(31)15-6-16-4-2-1-3-5-16/h1-5,7-14,21-23,30-31H,6,15H2/t21-,22-,23?/m1/s1. The Bertz CT molecular complexity index is 1090. The van der Waals surface area contributed by atoms with Crippen molar-refractivity contribution in [3.05, 3.63) is 95.6 Å². The number of alkyl halides is 3. The average Bonchev–Trinajstić information content (AvgIpc) is 3.15. The molecule has 1 amide bonds. The third-order valence-corrected chi connectivity index (χ3v) is 5.68. The van der Waals surface area contributed by atoms with Crippen LogP contribution >= 0.6 is 0 Å². The minimum absolute atomic E-state index is 0.0197. The smallest absolute Gasteiger partial charge is 0.416 e. The lowest BCUT2D eigenvalue weighted by Crippen LogP contribution is -2.35. The van der Waals surface area contributed by atoms with Crippen LogP contribution in [0.15, 0.2) is 78.9 Å². The topological polar surface area (TPSA) is 70.0 Å². The summed E-state index contributed by atoms with van der Waals surface area (Å²) in [5.41, 5.74) is 0.965. The molecule has 0 saturated carbocycles. The van der Waals surface area contributed by atoms with Gasteiger partial charge in [0.2, 0.25) is 0 Å². The number of ether oxygens (including phenoxy) is 1. The van der Waals surface area contributed by atoms with Crippen molar-refractivity contribution in [2.75, 3.05) is 4.90 Å². The van der Waals surface area contributed by atoms with Gasteiger partial charge in [-0.05, 0) is 60.4 Å². The molecule has 0 radical (unpaired) electrons. The third-order valence-electron chi connectivity index (χ3n) is 5.68. The number of phenols is 1. The van der Waals surface area contributed by atoms with Crippen LogP contribution in [0.2, 0.25) is 0 Å². The van der Waals surface area contributed by atoms with E-state index in [1.54, 1.807) is 12.1 Å². The van der Waals surface area contributed by atoms with Crippen molar-refractivity contribution in [2.24, 2.45) is 0 Å². The van der Waals surface area contributed by atoms with Crippen molar-refractivity contribution in [3.8, 4) is 5.75 Å². The molecule has 0 bridgehead atoms. The van der Waals surface area contributed by atoms with Gasteiger partial charge in [0.25, 0.3) is 0 Å². The van der Waals surface area contributed by atoms with Crippen molar-refractivity contribution in [2.45, 2.75) is 37.3 Å². The Hall–Kier alpha value is -3.52. The Kier molecular flexibility index (Phi) is 6.29. The van der Waals surface area contributed by atoms with Crippen LogP contribution in [0.5, 0.6) is 5.75 Å². The Morgan fingerprint density at radius 1 is 0.939 bits per heavy atom. The van der Waals surface area contributed by atoms with Crippen LogP contribution in [0, 0.1) is 0 Å². The second-order valence-corrected chi connectivity index (χ2v) is 7.89. The van der Waals surface area contributed by atoms with Crippen LogP contribution in [0.3, 0.4) is 0 Å². The number of cyclic esters (lactones) is 1. The largest absolute Gasteiger partial charge is 0.508 e. The van der Waals surface area contributed by atoms with Crippen LogP contribution in [-0.4, -0.2) is 28.5 Å². The van der Waals surface area contributed by atoms with E-state index in [2.05, 4.69) is 0 Å². The first-order chi connectivity index (χ1) is 15.7. The van der Waals surface area contributed by atoms with Crippen molar-refractivity contribution in [3.63, 3.8) is 0 Å². The third kappa shape index (κ3) is 4.96. The van der Waals surface area contributed by atoms with Crippen molar-refractivity contribution >= 4 is 11.8 Å². The van der Waals surface area contributed by atoms with E-state index in [1.807, 2.05) is 30.3 Å². The maximum Gasteiger partial charge on any atom is 0.416 e. The van der Waals surface area contributed by atoms with E-state index >= 15 is 0 Å². The molecule has 3 aromatic carbocycles. The number of rotatable bonds is 6. The highest BCUT2D eigenvalue weighted by Gasteiger charge is 2.47. The normalized spacial score (nSPS) is 19.4. The zero-order valence-corrected chi connectivity index (χ0v) is 17.4. The number of aliphatic hydroxyl groups is 1. The van der Waals surface area contributed by atoms with Crippen LogP contribution < -0.4 is 4.90 Å². The molecule has 3 atom stereocenters. The highest BCUT2D eigenvalue weighted by molar-refractivity contribution is 5.91. The first-order valence-corrected chi connectivity index (χ1v) is 10.4. The number of nitrogens with zero attached hydrogens (tertiary/aromatic N) is 1. The minimum Gasteiger partial charge on any atom is -0.508 e. The number of phenolic OH excluding ortho intramolecular Hbond substituents is 1. The number of hydrogen-bond acceptors (Lipinski definition) is 4. The molecule has 1 heterocycles. The van der Waals surface area contributed by atoms with E-state index in [-0.39, 0.29) is 11.4 Å². The number of aliphatic hydroxyl groups excluding tert-OH is 1. The summed E-state index contributed by atoms with van der Waals surface area (Å²) in [5.74, 6) is 0.0197. The van der Waals surface area contributed by atoms with E-state index in [9.17, 15) is 28.2 Å². The summed E-state index contributed by atoms with van der Waals surface area (Å²) in [7, 11) is 0. The molecule has 1 aliphatic heterocycles. The van der Waals surface area contributed by atoms with Gasteiger partial charge in [-0.25, -0.2) is 4.79 Å². The van der Waals surface area contributed by atoms with Crippen LogP contribution in [0.25, 0.3) is 0 Å². The summed E-state index contributed by atoms with van der Waals surface area (Å²) >= 11 is 0. The quantitative estimate of drug-likeness (QED) is 0.515. The van der Waals surface area contributed by atoms with Gasteiger partial charge < -0.3 is 14.9 Å². The van der Waals surface area contributed by atoms with Gasteiger partial charge >= 0.3 is 12.3 Å². The lowest BCUT2D eigenvalue weighted by atomic mass is 9.93. The summed E-state index contributed by atoms with van der Waals surface area (Å²) in [4.78, 5) is 14.1. The predicted octanol–water partition coefficient (Wildman–Crippen LogP) is 5.47. The molecule has 4 rings (SSSR count). The van der Waals surface area contributed by atoms with Gasteiger partial charge in [0.05, 0.1) is 11.7 Å². The number of hydrogen-bond donors (Lipinski definition) is 2. The van der Waals surface area contributed by atoms with E-state index in [1.165, 1.54) is 29.2 Å². The Labute approximate surface area is 188 Å².